The largest absolute Gasteiger partial charge is 0.451 e. The molecule has 1 N–H and O–H groups in total. The van der Waals surface area contributed by atoms with Crippen LogP contribution in [0.3, 0.4) is 0 Å². The van der Waals surface area contributed by atoms with Crippen molar-refractivity contribution in [2.75, 3.05) is 0 Å². The Morgan fingerprint density at radius 1 is 1.25 bits per heavy atom. The van der Waals surface area contributed by atoms with Crippen LogP contribution in [0.1, 0.15) is 27.5 Å². The minimum absolute atomic E-state index is 0.110. The molecule has 0 saturated carbocycles. The van der Waals surface area contributed by atoms with E-state index in [4.69, 9.17) is 4.42 Å². The molecule has 0 atom stereocenters. The van der Waals surface area contributed by atoms with E-state index in [1.54, 1.807) is 19.1 Å². The summed E-state index contributed by atoms with van der Waals surface area (Å²) >= 11 is 3.37. The molecule has 0 spiro atoms. The fourth-order valence-corrected chi connectivity index (χ4v) is 3.24. The van der Waals surface area contributed by atoms with E-state index in [2.05, 4.69) is 31.4 Å². The Hall–Kier alpha value is -2.88. The molecule has 0 aliphatic rings. The molecule has 4 aromatic rings. The summed E-state index contributed by atoms with van der Waals surface area (Å²) in [6.45, 7) is 1.65. The highest BCUT2D eigenvalue weighted by Gasteiger charge is 2.31. The summed E-state index contributed by atoms with van der Waals surface area (Å²) in [7, 11) is 0. The summed E-state index contributed by atoms with van der Waals surface area (Å²) in [4.78, 5) is 12.5. The van der Waals surface area contributed by atoms with Crippen molar-refractivity contribution in [3.8, 4) is 0 Å². The molecule has 0 aliphatic heterocycles. The predicted molar refractivity (Wildman–Crippen MR) is 97.8 cm³/mol. The molecule has 1 amide bonds. The predicted octanol–water partition coefficient (Wildman–Crippen LogP) is 4.50. The number of aryl methyl sites for hydroxylation is 1. The van der Waals surface area contributed by atoms with Gasteiger partial charge < -0.3 is 9.73 Å². The van der Waals surface area contributed by atoms with Gasteiger partial charge in [-0.3, -0.25) is 9.20 Å². The van der Waals surface area contributed by atoms with E-state index in [0.717, 1.165) is 22.1 Å². The Balaban J connectivity index is 1.59. The van der Waals surface area contributed by atoms with E-state index in [1.807, 2.05) is 6.07 Å². The number of nitrogens with one attached hydrogen (secondary N) is 1. The van der Waals surface area contributed by atoms with Gasteiger partial charge in [-0.05, 0) is 37.3 Å². The molecule has 6 nitrogen and oxygen atoms in total. The molecule has 0 fully saturated rings. The smallest absolute Gasteiger partial charge is 0.417 e. The number of alkyl halides is 3. The number of amides is 1. The first kappa shape index (κ1) is 18.5. The molecular weight excluding hydrogens is 441 g/mol. The average molecular weight is 453 g/mol. The van der Waals surface area contributed by atoms with Gasteiger partial charge in [-0.1, -0.05) is 15.9 Å². The van der Waals surface area contributed by atoms with Crippen molar-refractivity contribution in [1.82, 2.24) is 19.9 Å². The number of carbonyl (C=O) groups is 1. The van der Waals surface area contributed by atoms with Crippen molar-refractivity contribution in [3.05, 3.63) is 63.7 Å². The van der Waals surface area contributed by atoms with Crippen LogP contribution >= 0.6 is 15.9 Å². The summed E-state index contributed by atoms with van der Waals surface area (Å²) < 4.78 is 46.4. The minimum atomic E-state index is -4.49. The third-order valence-electron chi connectivity index (χ3n) is 4.31. The van der Waals surface area contributed by atoms with Crippen molar-refractivity contribution in [3.63, 3.8) is 0 Å². The van der Waals surface area contributed by atoms with Crippen LogP contribution in [0.25, 0.3) is 16.6 Å². The molecule has 0 unspecified atom stereocenters. The van der Waals surface area contributed by atoms with Gasteiger partial charge in [0, 0.05) is 21.6 Å². The fourth-order valence-electron chi connectivity index (χ4n) is 2.88. The van der Waals surface area contributed by atoms with Gasteiger partial charge in [0.2, 0.25) is 0 Å². The highest BCUT2D eigenvalue weighted by atomic mass is 79.9. The molecule has 0 bridgehead atoms. The summed E-state index contributed by atoms with van der Waals surface area (Å²) in [6.07, 6.45) is -3.58. The fraction of sp³-hybridized carbons (Fsp3) is 0.167. The van der Waals surface area contributed by atoms with Crippen LogP contribution in [0, 0.1) is 6.92 Å². The van der Waals surface area contributed by atoms with Gasteiger partial charge in [0.05, 0.1) is 12.1 Å². The molecule has 28 heavy (non-hydrogen) atoms. The van der Waals surface area contributed by atoms with Crippen LogP contribution in [0.2, 0.25) is 0 Å². The van der Waals surface area contributed by atoms with Crippen LogP contribution < -0.4 is 5.32 Å². The first-order chi connectivity index (χ1) is 13.2. The first-order valence-corrected chi connectivity index (χ1v) is 8.91. The summed E-state index contributed by atoms with van der Waals surface area (Å²) in [5, 5.41) is 11.1. The first-order valence-electron chi connectivity index (χ1n) is 8.12. The lowest BCUT2D eigenvalue weighted by atomic mass is 10.1. The summed E-state index contributed by atoms with van der Waals surface area (Å²) in [5.41, 5.74) is 0.654. The average Bonchev–Trinajstić information content (AvgIpc) is 3.20. The zero-order valence-corrected chi connectivity index (χ0v) is 15.9. The number of rotatable bonds is 3. The molecule has 1 aromatic carbocycles. The third kappa shape index (κ3) is 3.24. The molecule has 0 saturated heterocycles. The van der Waals surface area contributed by atoms with Crippen molar-refractivity contribution in [1.29, 1.82) is 0 Å². The second kappa shape index (κ2) is 6.62. The van der Waals surface area contributed by atoms with Gasteiger partial charge in [-0.15, -0.1) is 10.2 Å². The second-order valence-electron chi connectivity index (χ2n) is 6.14. The van der Waals surface area contributed by atoms with Gasteiger partial charge >= 0.3 is 6.18 Å². The van der Waals surface area contributed by atoms with Gasteiger partial charge in [-0.2, -0.15) is 13.2 Å². The molecule has 0 radical (unpaired) electrons. The number of halogens is 4. The Kier molecular flexibility index (Phi) is 4.37. The number of carbonyl (C=O) groups excluding carboxylic acids is 1. The van der Waals surface area contributed by atoms with Gasteiger partial charge in [0.1, 0.15) is 5.58 Å². The molecule has 10 heteroatoms. The van der Waals surface area contributed by atoms with Gasteiger partial charge in [-0.25, -0.2) is 0 Å². The topological polar surface area (TPSA) is 72.4 Å². The number of aromatic nitrogens is 3. The summed E-state index contributed by atoms with van der Waals surface area (Å²) in [5.74, 6) is -0.183. The zero-order chi connectivity index (χ0) is 20.1. The number of benzene rings is 1. The maximum Gasteiger partial charge on any atom is 0.417 e. The van der Waals surface area contributed by atoms with E-state index < -0.39 is 17.6 Å². The zero-order valence-electron chi connectivity index (χ0n) is 14.3. The minimum Gasteiger partial charge on any atom is -0.451 e. The number of fused-ring (bicyclic) bond motifs is 2. The van der Waals surface area contributed by atoms with Crippen LogP contribution in [0.4, 0.5) is 13.2 Å². The number of hydrogen-bond acceptors (Lipinski definition) is 4. The quantitative estimate of drug-likeness (QED) is 0.496. The lowest BCUT2D eigenvalue weighted by Gasteiger charge is -2.08. The molecule has 3 aromatic heterocycles. The van der Waals surface area contributed by atoms with Crippen LogP contribution in [-0.2, 0) is 12.7 Å². The van der Waals surface area contributed by atoms with E-state index in [1.165, 1.54) is 10.5 Å². The Morgan fingerprint density at radius 3 is 2.79 bits per heavy atom. The van der Waals surface area contributed by atoms with E-state index in [-0.39, 0.29) is 23.8 Å². The standard InChI is InChI=1S/C18H12BrF3N4O2/c1-9-12-6-11(19)3-4-13(12)28-16(9)17(27)23-7-15-25-24-14-5-2-10(8-26(14)15)18(20,21)22/h2-6,8H,7H2,1H3,(H,23,27). The molecule has 0 aliphatic carbocycles. The number of nitrogens with zero attached hydrogens (tertiary/aromatic N) is 3. The third-order valence-corrected chi connectivity index (χ3v) is 4.81. The maximum atomic E-state index is 12.9. The Labute approximate surface area is 164 Å². The van der Waals surface area contributed by atoms with E-state index in [0.29, 0.717) is 11.1 Å². The van der Waals surface area contributed by atoms with E-state index >= 15 is 0 Å². The Bertz CT molecular complexity index is 1210. The Morgan fingerprint density at radius 2 is 2.04 bits per heavy atom. The van der Waals surface area contributed by atoms with E-state index in [9.17, 15) is 18.0 Å². The highest BCUT2D eigenvalue weighted by molar-refractivity contribution is 9.10. The SMILES string of the molecule is Cc1c(C(=O)NCc2nnc3ccc(C(F)(F)F)cn23)oc2ccc(Br)cc12. The number of hydrogen-bond donors (Lipinski definition) is 1. The monoisotopic (exact) mass is 452 g/mol. The second-order valence-corrected chi connectivity index (χ2v) is 7.05. The lowest BCUT2D eigenvalue weighted by molar-refractivity contribution is -0.137. The lowest BCUT2D eigenvalue weighted by Crippen LogP contribution is -2.24. The molecule has 3 heterocycles. The number of pyridine rings is 1. The van der Waals surface area contributed by atoms with Gasteiger partial charge in [0.25, 0.3) is 5.91 Å². The number of furan rings is 1. The van der Waals surface area contributed by atoms with Crippen molar-refractivity contribution >= 4 is 38.5 Å². The van der Waals surface area contributed by atoms with Crippen LogP contribution in [-0.4, -0.2) is 20.5 Å². The van der Waals surface area contributed by atoms with Crippen molar-refractivity contribution in [2.45, 2.75) is 19.6 Å². The van der Waals surface area contributed by atoms with Crippen LogP contribution in [0.5, 0.6) is 0 Å². The summed E-state index contributed by atoms with van der Waals surface area (Å²) in [6, 6.07) is 7.54. The van der Waals surface area contributed by atoms with Crippen molar-refractivity contribution in [2.24, 2.45) is 0 Å². The van der Waals surface area contributed by atoms with Crippen LogP contribution in [0.15, 0.2) is 45.4 Å². The maximum absolute atomic E-state index is 12.9. The molecular formula is C18H12BrF3N4O2. The normalized spacial score (nSPS) is 12.0. The molecule has 4 rings (SSSR count). The highest BCUT2D eigenvalue weighted by Crippen LogP contribution is 2.30. The molecule has 144 valence electrons. The van der Waals surface area contributed by atoms with Crippen molar-refractivity contribution < 1.29 is 22.4 Å². The van der Waals surface area contributed by atoms with Gasteiger partial charge in [0.15, 0.2) is 17.2 Å².